The van der Waals surface area contributed by atoms with Gasteiger partial charge in [-0.25, -0.2) is 8.42 Å². The SMILES string of the molecule is CC(C)C(=O)CCC[C@@]1(C)C[C@H](c2cccc(Cl)c2)[C@@H](c2ccc(Cl)cc2)N([C@H](CS(=O)(=O)C(C)C)C(C)C)C1=O. The number of piperidine rings is 1. The van der Waals surface area contributed by atoms with E-state index in [1.807, 2.05) is 88.0 Å². The molecule has 2 aromatic rings. The van der Waals surface area contributed by atoms with E-state index in [0.717, 1.165) is 11.1 Å². The zero-order valence-electron chi connectivity index (χ0n) is 25.4. The van der Waals surface area contributed by atoms with Crippen LogP contribution >= 0.6 is 23.2 Å². The number of sulfone groups is 1. The van der Waals surface area contributed by atoms with Crippen molar-refractivity contribution in [2.24, 2.45) is 17.3 Å². The summed E-state index contributed by atoms with van der Waals surface area (Å²) in [5, 5.41) is 0.631. The van der Waals surface area contributed by atoms with E-state index in [9.17, 15) is 18.0 Å². The molecule has 0 unspecified atom stereocenters. The highest BCUT2D eigenvalue weighted by Gasteiger charge is 2.52. The van der Waals surface area contributed by atoms with Gasteiger partial charge in [0.2, 0.25) is 5.91 Å². The van der Waals surface area contributed by atoms with Crippen molar-refractivity contribution < 1.29 is 18.0 Å². The maximum absolute atomic E-state index is 14.7. The Morgan fingerprint density at radius 3 is 2.15 bits per heavy atom. The van der Waals surface area contributed by atoms with Crippen LogP contribution < -0.4 is 0 Å². The highest BCUT2D eigenvalue weighted by molar-refractivity contribution is 7.92. The van der Waals surface area contributed by atoms with Crippen LogP contribution in [-0.2, 0) is 19.4 Å². The van der Waals surface area contributed by atoms with E-state index in [2.05, 4.69) is 0 Å². The molecular formula is C33H45Cl2NO4S. The first-order valence-corrected chi connectivity index (χ1v) is 17.1. The van der Waals surface area contributed by atoms with Crippen molar-refractivity contribution in [3.63, 3.8) is 0 Å². The fourth-order valence-electron chi connectivity index (χ4n) is 5.94. The highest BCUT2D eigenvalue weighted by Crippen LogP contribution is 2.53. The summed E-state index contributed by atoms with van der Waals surface area (Å²) in [6.45, 7) is 13.1. The summed E-state index contributed by atoms with van der Waals surface area (Å²) >= 11 is 12.8. The summed E-state index contributed by atoms with van der Waals surface area (Å²) in [5.41, 5.74) is 1.10. The topological polar surface area (TPSA) is 71.5 Å². The molecule has 2 aromatic carbocycles. The van der Waals surface area contributed by atoms with Crippen molar-refractivity contribution in [2.45, 2.75) is 97.4 Å². The number of carbonyl (C=O) groups is 2. The molecule has 1 amide bonds. The van der Waals surface area contributed by atoms with E-state index in [-0.39, 0.29) is 35.2 Å². The molecule has 1 aliphatic rings. The summed E-state index contributed by atoms with van der Waals surface area (Å²) < 4.78 is 26.7. The van der Waals surface area contributed by atoms with Crippen LogP contribution in [0.3, 0.4) is 0 Å². The second-order valence-electron chi connectivity index (χ2n) is 12.8. The smallest absolute Gasteiger partial charge is 0.229 e. The van der Waals surface area contributed by atoms with Gasteiger partial charge < -0.3 is 4.90 Å². The molecule has 0 bridgehead atoms. The zero-order chi connectivity index (χ0) is 30.7. The van der Waals surface area contributed by atoms with Crippen LogP contribution in [-0.4, -0.2) is 42.1 Å². The minimum absolute atomic E-state index is 0.0542. The molecule has 226 valence electrons. The fourth-order valence-corrected chi connectivity index (χ4v) is 7.67. The Morgan fingerprint density at radius 2 is 1.61 bits per heavy atom. The number of rotatable bonds is 12. The lowest BCUT2D eigenvalue weighted by molar-refractivity contribution is -0.156. The molecule has 4 atom stereocenters. The predicted octanol–water partition coefficient (Wildman–Crippen LogP) is 8.30. The molecule has 0 N–H and O–H groups in total. The molecular weight excluding hydrogens is 577 g/mol. The molecule has 0 aliphatic carbocycles. The van der Waals surface area contributed by atoms with Crippen LogP contribution in [0.5, 0.6) is 0 Å². The van der Waals surface area contributed by atoms with Crippen LogP contribution in [0.15, 0.2) is 48.5 Å². The Bertz CT molecular complexity index is 1320. The average Bonchev–Trinajstić information content (AvgIpc) is 2.89. The lowest BCUT2D eigenvalue weighted by Gasteiger charge is -2.53. The van der Waals surface area contributed by atoms with E-state index in [4.69, 9.17) is 23.2 Å². The average molecular weight is 623 g/mol. The largest absolute Gasteiger partial charge is 0.330 e. The van der Waals surface area contributed by atoms with E-state index in [1.165, 1.54) is 0 Å². The molecule has 1 heterocycles. The Morgan fingerprint density at radius 1 is 0.976 bits per heavy atom. The molecule has 0 spiro atoms. The summed E-state index contributed by atoms with van der Waals surface area (Å²) in [6.07, 6.45) is 2.09. The van der Waals surface area contributed by atoms with Crippen LogP contribution in [0.25, 0.3) is 0 Å². The number of carbonyl (C=O) groups excluding carboxylic acids is 2. The quantitative estimate of drug-likeness (QED) is 0.239. The molecule has 1 aliphatic heterocycles. The highest BCUT2D eigenvalue weighted by atomic mass is 35.5. The Labute approximate surface area is 256 Å². The number of halogens is 2. The number of nitrogens with zero attached hydrogens (tertiary/aromatic N) is 1. The van der Waals surface area contributed by atoms with Crippen LogP contribution in [0.2, 0.25) is 10.0 Å². The first-order valence-electron chi connectivity index (χ1n) is 14.7. The molecule has 1 fully saturated rings. The standard InChI is InChI=1S/C33H45Cl2NO4S/c1-21(2)29(20-41(39,40)23(5)6)36-31(24-13-15-26(34)16-14-24)28(25-10-8-11-27(35)18-25)19-33(7,32(36)38)17-9-12-30(37)22(3)4/h8,10-11,13-16,18,21-23,28-29,31H,9,12,17,19-20H2,1-7H3/t28-,29-,31-,33+/m1/s1. The van der Waals surface area contributed by atoms with Gasteiger partial charge in [-0.05, 0) is 74.4 Å². The van der Waals surface area contributed by atoms with Crippen molar-refractivity contribution in [3.05, 3.63) is 69.7 Å². The molecule has 8 heteroatoms. The van der Waals surface area contributed by atoms with Gasteiger partial charge in [0.15, 0.2) is 9.84 Å². The Balaban J connectivity index is 2.22. The van der Waals surface area contributed by atoms with E-state index < -0.39 is 32.6 Å². The third kappa shape index (κ3) is 7.94. The Hall–Kier alpha value is -1.89. The van der Waals surface area contributed by atoms with Crippen LogP contribution in [0, 0.1) is 17.3 Å². The van der Waals surface area contributed by atoms with Crippen molar-refractivity contribution in [1.29, 1.82) is 0 Å². The van der Waals surface area contributed by atoms with E-state index >= 15 is 0 Å². The number of hydrogen-bond donors (Lipinski definition) is 0. The second kappa shape index (κ2) is 13.6. The van der Waals surface area contributed by atoms with Crippen LogP contribution in [0.4, 0.5) is 0 Å². The molecule has 0 radical (unpaired) electrons. The molecule has 0 saturated carbocycles. The molecule has 3 rings (SSSR count). The summed E-state index contributed by atoms with van der Waals surface area (Å²) in [6, 6.07) is 14.3. The number of likely N-dealkylation sites (tertiary alicyclic amines) is 1. The van der Waals surface area contributed by atoms with Gasteiger partial charge in [-0.2, -0.15) is 0 Å². The van der Waals surface area contributed by atoms with E-state index in [0.29, 0.717) is 35.7 Å². The maximum atomic E-state index is 14.7. The maximum Gasteiger partial charge on any atom is 0.229 e. The predicted molar refractivity (Wildman–Crippen MR) is 169 cm³/mol. The first kappa shape index (κ1) is 33.6. The number of hydrogen-bond acceptors (Lipinski definition) is 4. The fraction of sp³-hybridized carbons (Fsp3) is 0.576. The summed E-state index contributed by atoms with van der Waals surface area (Å²) in [4.78, 5) is 29.1. The minimum atomic E-state index is -3.47. The van der Waals surface area contributed by atoms with Crippen molar-refractivity contribution in [3.8, 4) is 0 Å². The van der Waals surface area contributed by atoms with Crippen molar-refractivity contribution >= 4 is 44.7 Å². The summed E-state index contributed by atoms with van der Waals surface area (Å²) in [5.74, 6) is -0.329. The number of benzene rings is 2. The number of amides is 1. The zero-order valence-corrected chi connectivity index (χ0v) is 27.7. The number of ketones is 1. The van der Waals surface area contributed by atoms with Crippen molar-refractivity contribution in [1.82, 2.24) is 4.90 Å². The van der Waals surface area contributed by atoms with Gasteiger partial charge in [0.05, 0.1) is 17.0 Å². The van der Waals surface area contributed by atoms with E-state index in [1.54, 1.807) is 13.8 Å². The van der Waals surface area contributed by atoms with Gasteiger partial charge in [-0.1, -0.05) is 82.1 Å². The second-order valence-corrected chi connectivity index (χ2v) is 16.3. The Kier molecular flexibility index (Phi) is 11.2. The molecule has 5 nitrogen and oxygen atoms in total. The number of Topliss-reactive ketones (excluding diaryl/α,β-unsaturated/α-hetero) is 1. The lowest BCUT2D eigenvalue weighted by Crippen LogP contribution is -2.58. The van der Waals surface area contributed by atoms with Gasteiger partial charge in [0, 0.05) is 39.8 Å². The van der Waals surface area contributed by atoms with Gasteiger partial charge in [-0.3, -0.25) is 9.59 Å². The minimum Gasteiger partial charge on any atom is -0.330 e. The van der Waals surface area contributed by atoms with Gasteiger partial charge in [0.1, 0.15) is 5.78 Å². The van der Waals surface area contributed by atoms with Crippen molar-refractivity contribution in [2.75, 3.05) is 5.75 Å². The lowest BCUT2D eigenvalue weighted by atomic mass is 9.66. The molecule has 1 saturated heterocycles. The van der Waals surface area contributed by atoms with Gasteiger partial charge in [0.25, 0.3) is 0 Å². The third-order valence-corrected chi connectivity index (χ3v) is 11.4. The third-order valence-electron chi connectivity index (χ3n) is 8.63. The molecule has 41 heavy (non-hydrogen) atoms. The summed E-state index contributed by atoms with van der Waals surface area (Å²) in [7, 11) is -3.47. The normalized spacial score (nSPS) is 22.5. The first-order chi connectivity index (χ1) is 19.1. The monoisotopic (exact) mass is 621 g/mol. The van der Waals surface area contributed by atoms with Crippen LogP contribution in [0.1, 0.15) is 97.2 Å². The van der Waals surface area contributed by atoms with Gasteiger partial charge >= 0.3 is 0 Å². The molecule has 0 aromatic heterocycles. The van der Waals surface area contributed by atoms with Gasteiger partial charge in [-0.15, -0.1) is 0 Å².